The zero-order valence-electron chi connectivity index (χ0n) is 17.8. The van der Waals surface area contributed by atoms with E-state index in [1.807, 2.05) is 36.4 Å². The number of nitrogens with one attached hydrogen (secondary N) is 1. The van der Waals surface area contributed by atoms with Crippen LogP contribution in [0.1, 0.15) is 23.3 Å². The molecule has 0 unspecified atom stereocenters. The van der Waals surface area contributed by atoms with Crippen molar-refractivity contribution in [1.29, 1.82) is 0 Å². The van der Waals surface area contributed by atoms with Crippen LogP contribution >= 0.6 is 22.6 Å². The highest BCUT2D eigenvalue weighted by Crippen LogP contribution is 2.28. The minimum atomic E-state index is -0.253. The molecule has 2 aromatic carbocycles. The number of ether oxygens (including phenoxy) is 1. The summed E-state index contributed by atoms with van der Waals surface area (Å²) >= 11 is 2.36. The molecule has 0 radical (unpaired) electrons. The number of anilines is 2. The summed E-state index contributed by atoms with van der Waals surface area (Å²) < 4.78 is 6.64. The fraction of sp³-hybridized carbons (Fsp3) is 0.375. The molecule has 2 fully saturated rings. The number of benzene rings is 2. The maximum absolute atomic E-state index is 12.7. The van der Waals surface area contributed by atoms with Crippen molar-refractivity contribution >= 4 is 50.9 Å². The van der Waals surface area contributed by atoms with Crippen molar-refractivity contribution in [3.8, 4) is 0 Å². The van der Waals surface area contributed by atoms with Gasteiger partial charge < -0.3 is 15.0 Å². The van der Waals surface area contributed by atoms with Crippen LogP contribution in [0.25, 0.3) is 11.0 Å². The number of hydrogen-bond donors (Lipinski definition) is 1. The van der Waals surface area contributed by atoms with Gasteiger partial charge in [0.15, 0.2) is 0 Å². The Bertz CT molecular complexity index is 1110. The first-order valence-electron chi connectivity index (χ1n) is 11.1. The van der Waals surface area contributed by atoms with Gasteiger partial charge in [-0.25, -0.2) is 4.98 Å². The summed E-state index contributed by atoms with van der Waals surface area (Å²) in [6.45, 7) is 5.98. The minimum absolute atomic E-state index is 0.253. The predicted molar refractivity (Wildman–Crippen MR) is 134 cm³/mol. The topological polar surface area (TPSA) is 70.6 Å². The number of amides is 1. The molecule has 7 nitrogen and oxygen atoms in total. The number of carbonyl (C=O) groups excluding carboxylic acids is 1. The lowest BCUT2D eigenvalue weighted by Gasteiger charge is -2.41. The van der Waals surface area contributed by atoms with E-state index in [4.69, 9.17) is 4.74 Å². The normalized spacial score (nSPS) is 18.1. The molecule has 0 bridgehead atoms. The van der Waals surface area contributed by atoms with Gasteiger partial charge in [0.05, 0.1) is 22.9 Å². The van der Waals surface area contributed by atoms with Gasteiger partial charge in [-0.1, -0.05) is 12.1 Å². The number of piperazine rings is 1. The third-order valence-electron chi connectivity index (χ3n) is 6.25. The molecule has 1 aromatic heterocycles. The van der Waals surface area contributed by atoms with E-state index < -0.39 is 0 Å². The third kappa shape index (κ3) is 4.72. The van der Waals surface area contributed by atoms with Gasteiger partial charge in [-0.15, -0.1) is 0 Å². The molecule has 3 heterocycles. The molecule has 1 N–H and O–H groups in total. The average molecular weight is 543 g/mol. The van der Waals surface area contributed by atoms with Gasteiger partial charge >= 0.3 is 0 Å². The van der Waals surface area contributed by atoms with Crippen LogP contribution < -0.4 is 10.2 Å². The van der Waals surface area contributed by atoms with Crippen LogP contribution in [-0.4, -0.2) is 66.2 Å². The van der Waals surface area contributed by atoms with Crippen LogP contribution in [0.15, 0.2) is 48.7 Å². The second kappa shape index (κ2) is 9.68. The van der Waals surface area contributed by atoms with E-state index >= 15 is 0 Å². The van der Waals surface area contributed by atoms with Crippen molar-refractivity contribution < 1.29 is 9.53 Å². The maximum atomic E-state index is 12.7. The van der Waals surface area contributed by atoms with Gasteiger partial charge in [0.25, 0.3) is 5.91 Å². The predicted octanol–water partition coefficient (Wildman–Crippen LogP) is 3.79. The van der Waals surface area contributed by atoms with E-state index in [1.54, 1.807) is 0 Å². The third-order valence-corrected chi connectivity index (χ3v) is 7.11. The van der Waals surface area contributed by atoms with Crippen molar-refractivity contribution in [3.63, 3.8) is 0 Å². The Labute approximate surface area is 201 Å². The number of para-hydroxylation sites is 2. The largest absolute Gasteiger partial charge is 0.381 e. The first kappa shape index (κ1) is 21.5. The summed E-state index contributed by atoms with van der Waals surface area (Å²) in [6.07, 6.45) is 3.82. The molecule has 5 rings (SSSR count). The molecule has 32 heavy (non-hydrogen) atoms. The summed E-state index contributed by atoms with van der Waals surface area (Å²) in [6, 6.07) is 14.3. The summed E-state index contributed by atoms with van der Waals surface area (Å²) in [4.78, 5) is 26.5. The molecule has 2 aliphatic heterocycles. The Kier molecular flexibility index (Phi) is 6.52. The Morgan fingerprint density at radius 3 is 2.53 bits per heavy atom. The average Bonchev–Trinajstić information content (AvgIpc) is 2.84. The molecule has 0 spiro atoms. The molecular formula is C24H26IN5O2. The zero-order valence-corrected chi connectivity index (χ0v) is 20.0. The summed E-state index contributed by atoms with van der Waals surface area (Å²) in [5, 5.41) is 2.96. The highest BCUT2D eigenvalue weighted by molar-refractivity contribution is 14.1. The highest BCUT2D eigenvalue weighted by Gasteiger charge is 2.26. The zero-order chi connectivity index (χ0) is 21.9. The number of fused-ring (bicyclic) bond motifs is 1. The van der Waals surface area contributed by atoms with Gasteiger partial charge in [-0.05, 0) is 65.8 Å². The van der Waals surface area contributed by atoms with E-state index in [-0.39, 0.29) is 5.91 Å². The second-order valence-corrected chi connectivity index (χ2v) is 9.39. The number of aromatic nitrogens is 2. The Morgan fingerprint density at radius 2 is 1.78 bits per heavy atom. The van der Waals surface area contributed by atoms with Crippen LogP contribution in [0.2, 0.25) is 0 Å². The standard InChI is InChI=1S/C24H26IN5O2/c25-19-15-17(27-24(31)22-16-26-20-3-1-2-4-21(20)28-22)5-6-23(19)30-11-9-29(10-12-30)18-7-13-32-14-8-18/h1-6,15-16,18H,7-14H2,(H,27,31). The molecular weight excluding hydrogens is 517 g/mol. The number of rotatable bonds is 4. The van der Waals surface area contributed by atoms with Crippen LogP contribution in [0.4, 0.5) is 11.4 Å². The maximum Gasteiger partial charge on any atom is 0.275 e. The fourth-order valence-corrected chi connectivity index (χ4v) is 5.34. The van der Waals surface area contributed by atoms with E-state index in [2.05, 4.69) is 53.7 Å². The van der Waals surface area contributed by atoms with Crippen LogP contribution in [-0.2, 0) is 4.74 Å². The van der Waals surface area contributed by atoms with Crippen molar-refractivity contribution in [2.24, 2.45) is 0 Å². The van der Waals surface area contributed by atoms with Crippen molar-refractivity contribution in [2.45, 2.75) is 18.9 Å². The van der Waals surface area contributed by atoms with Gasteiger partial charge in [0, 0.05) is 54.7 Å². The lowest BCUT2D eigenvalue weighted by Crippen LogP contribution is -2.51. The Hall–Kier alpha value is -2.30. The lowest BCUT2D eigenvalue weighted by atomic mass is 10.1. The quantitative estimate of drug-likeness (QED) is 0.506. The summed E-state index contributed by atoms with van der Waals surface area (Å²) in [5.41, 5.74) is 3.79. The van der Waals surface area contributed by atoms with E-state index in [1.165, 1.54) is 11.9 Å². The van der Waals surface area contributed by atoms with E-state index in [0.717, 1.165) is 67.0 Å². The monoisotopic (exact) mass is 543 g/mol. The van der Waals surface area contributed by atoms with Gasteiger partial charge in [0.1, 0.15) is 5.69 Å². The van der Waals surface area contributed by atoms with E-state index in [0.29, 0.717) is 17.3 Å². The molecule has 1 amide bonds. The molecule has 0 aliphatic carbocycles. The summed E-state index contributed by atoms with van der Waals surface area (Å²) in [7, 11) is 0. The number of hydrogen-bond acceptors (Lipinski definition) is 6. The smallest absolute Gasteiger partial charge is 0.275 e. The fourth-order valence-electron chi connectivity index (χ4n) is 4.48. The molecule has 2 saturated heterocycles. The first-order chi connectivity index (χ1) is 15.7. The first-order valence-corrected chi connectivity index (χ1v) is 12.1. The number of nitrogens with zero attached hydrogens (tertiary/aromatic N) is 4. The van der Waals surface area contributed by atoms with Crippen molar-refractivity contribution in [1.82, 2.24) is 14.9 Å². The van der Waals surface area contributed by atoms with Crippen LogP contribution in [0.3, 0.4) is 0 Å². The molecule has 0 atom stereocenters. The van der Waals surface area contributed by atoms with Gasteiger partial charge in [-0.2, -0.15) is 0 Å². The van der Waals surface area contributed by atoms with Crippen molar-refractivity contribution in [2.75, 3.05) is 49.6 Å². The molecule has 8 heteroatoms. The van der Waals surface area contributed by atoms with Crippen LogP contribution in [0.5, 0.6) is 0 Å². The number of halogens is 1. The van der Waals surface area contributed by atoms with E-state index in [9.17, 15) is 4.79 Å². The highest BCUT2D eigenvalue weighted by atomic mass is 127. The van der Waals surface area contributed by atoms with Gasteiger partial charge in [-0.3, -0.25) is 14.7 Å². The SMILES string of the molecule is O=C(Nc1ccc(N2CCN(C3CCOCC3)CC2)c(I)c1)c1cnc2ccccc2n1. The molecule has 3 aromatic rings. The number of carbonyl (C=O) groups is 1. The molecule has 166 valence electrons. The summed E-state index contributed by atoms with van der Waals surface area (Å²) in [5.74, 6) is -0.253. The van der Waals surface area contributed by atoms with Gasteiger partial charge in [0.2, 0.25) is 0 Å². The lowest BCUT2D eigenvalue weighted by molar-refractivity contribution is 0.0321. The minimum Gasteiger partial charge on any atom is -0.381 e. The van der Waals surface area contributed by atoms with Crippen molar-refractivity contribution in [3.05, 3.63) is 57.9 Å². The Balaban J connectivity index is 1.22. The second-order valence-electron chi connectivity index (χ2n) is 8.23. The Morgan fingerprint density at radius 1 is 1.03 bits per heavy atom. The van der Waals surface area contributed by atoms with Crippen LogP contribution in [0, 0.1) is 3.57 Å². The molecule has 0 saturated carbocycles. The molecule has 2 aliphatic rings.